The van der Waals surface area contributed by atoms with Crippen molar-refractivity contribution < 1.29 is 9.53 Å². The molecule has 0 saturated carbocycles. The fourth-order valence-corrected chi connectivity index (χ4v) is 2.80. The minimum Gasteiger partial charge on any atom is -0.373 e. The normalized spacial score (nSPS) is 22.9. The molecule has 1 aliphatic rings. The summed E-state index contributed by atoms with van der Waals surface area (Å²) in [5.74, 6) is 0.229. The molecule has 1 aromatic carbocycles. The molecule has 2 atom stereocenters. The maximum atomic E-state index is 12.4. The molecule has 1 amide bonds. The number of hydrogen-bond acceptors (Lipinski definition) is 2. The molecule has 4 heteroatoms. The van der Waals surface area contributed by atoms with Crippen molar-refractivity contribution in [3.05, 3.63) is 35.4 Å². The third-order valence-electron chi connectivity index (χ3n) is 3.75. The molecule has 0 aromatic heterocycles. The number of hydrogen-bond donors (Lipinski definition) is 0. The topological polar surface area (TPSA) is 29.5 Å². The SMILES string of the molecule is Cc1ccc(CCC(=O)N2CC(CBr)OCC2C)cc1. The lowest BCUT2D eigenvalue weighted by Crippen LogP contribution is -2.51. The number of carbonyl (C=O) groups excluding carboxylic acids is 1. The number of aryl methyl sites for hydroxylation is 2. The summed E-state index contributed by atoms with van der Waals surface area (Å²) in [6, 6.07) is 8.57. The second-order valence-corrected chi connectivity index (χ2v) is 6.14. The first kappa shape index (κ1) is 15.5. The summed E-state index contributed by atoms with van der Waals surface area (Å²) in [6.45, 7) is 5.45. The van der Waals surface area contributed by atoms with E-state index in [4.69, 9.17) is 4.74 Å². The van der Waals surface area contributed by atoms with Crippen molar-refractivity contribution in [1.29, 1.82) is 0 Å². The van der Waals surface area contributed by atoms with Gasteiger partial charge in [-0.2, -0.15) is 0 Å². The van der Waals surface area contributed by atoms with E-state index in [1.807, 2.05) is 11.8 Å². The summed E-state index contributed by atoms with van der Waals surface area (Å²) in [7, 11) is 0. The number of rotatable bonds is 4. The van der Waals surface area contributed by atoms with Gasteiger partial charge in [-0.1, -0.05) is 45.8 Å². The average molecular weight is 340 g/mol. The fraction of sp³-hybridized carbons (Fsp3) is 0.562. The van der Waals surface area contributed by atoms with Crippen LogP contribution in [0.4, 0.5) is 0 Å². The van der Waals surface area contributed by atoms with Gasteiger partial charge in [-0.15, -0.1) is 0 Å². The molecule has 0 radical (unpaired) electrons. The molecule has 110 valence electrons. The Labute approximate surface area is 129 Å². The van der Waals surface area contributed by atoms with Gasteiger partial charge in [0.25, 0.3) is 0 Å². The molecule has 1 aromatic rings. The van der Waals surface area contributed by atoms with E-state index in [-0.39, 0.29) is 18.1 Å². The van der Waals surface area contributed by atoms with Crippen LogP contribution in [0.2, 0.25) is 0 Å². The van der Waals surface area contributed by atoms with E-state index >= 15 is 0 Å². The Balaban J connectivity index is 1.88. The molecule has 2 unspecified atom stereocenters. The molecule has 1 aliphatic heterocycles. The number of amides is 1. The molecule has 1 fully saturated rings. The van der Waals surface area contributed by atoms with Crippen LogP contribution >= 0.6 is 15.9 Å². The maximum Gasteiger partial charge on any atom is 0.223 e. The lowest BCUT2D eigenvalue weighted by Gasteiger charge is -2.37. The van der Waals surface area contributed by atoms with Crippen molar-refractivity contribution >= 4 is 21.8 Å². The van der Waals surface area contributed by atoms with E-state index in [1.165, 1.54) is 11.1 Å². The zero-order chi connectivity index (χ0) is 14.5. The van der Waals surface area contributed by atoms with Gasteiger partial charge in [0.2, 0.25) is 5.91 Å². The molecule has 2 rings (SSSR count). The van der Waals surface area contributed by atoms with Gasteiger partial charge in [0, 0.05) is 18.3 Å². The van der Waals surface area contributed by atoms with Gasteiger partial charge in [-0.3, -0.25) is 4.79 Å². The van der Waals surface area contributed by atoms with Gasteiger partial charge in [0.15, 0.2) is 0 Å². The molecular weight excluding hydrogens is 318 g/mol. The number of benzene rings is 1. The van der Waals surface area contributed by atoms with Crippen LogP contribution in [-0.2, 0) is 16.0 Å². The van der Waals surface area contributed by atoms with Crippen molar-refractivity contribution in [2.45, 2.75) is 38.8 Å². The summed E-state index contributed by atoms with van der Waals surface area (Å²) in [5, 5.41) is 0.779. The van der Waals surface area contributed by atoms with Crippen LogP contribution < -0.4 is 0 Å². The predicted molar refractivity (Wildman–Crippen MR) is 84.2 cm³/mol. The number of halogens is 1. The maximum absolute atomic E-state index is 12.4. The highest BCUT2D eigenvalue weighted by Gasteiger charge is 2.28. The van der Waals surface area contributed by atoms with Gasteiger partial charge >= 0.3 is 0 Å². The Morgan fingerprint density at radius 2 is 2.10 bits per heavy atom. The van der Waals surface area contributed by atoms with E-state index in [0.717, 1.165) is 11.8 Å². The van der Waals surface area contributed by atoms with Crippen LogP contribution in [-0.4, -0.2) is 41.4 Å². The number of carbonyl (C=O) groups is 1. The summed E-state index contributed by atoms with van der Waals surface area (Å²) >= 11 is 3.43. The first-order valence-corrected chi connectivity index (χ1v) is 8.25. The Bertz CT molecular complexity index is 446. The number of morpholine rings is 1. The minimum atomic E-state index is 0.120. The molecule has 0 N–H and O–H groups in total. The smallest absolute Gasteiger partial charge is 0.223 e. The monoisotopic (exact) mass is 339 g/mol. The van der Waals surface area contributed by atoms with E-state index in [0.29, 0.717) is 19.6 Å². The number of nitrogens with zero attached hydrogens (tertiary/aromatic N) is 1. The summed E-state index contributed by atoms with van der Waals surface area (Å²) in [4.78, 5) is 14.3. The van der Waals surface area contributed by atoms with Crippen molar-refractivity contribution in [3.63, 3.8) is 0 Å². The number of alkyl halides is 1. The third kappa shape index (κ3) is 4.06. The zero-order valence-electron chi connectivity index (χ0n) is 12.1. The second kappa shape index (κ2) is 7.23. The highest BCUT2D eigenvalue weighted by Crippen LogP contribution is 2.16. The molecule has 0 bridgehead atoms. The van der Waals surface area contributed by atoms with E-state index < -0.39 is 0 Å². The lowest BCUT2D eigenvalue weighted by atomic mass is 10.1. The van der Waals surface area contributed by atoms with E-state index in [9.17, 15) is 4.79 Å². The summed E-state index contributed by atoms with van der Waals surface area (Å²) in [5.41, 5.74) is 2.48. The molecular formula is C16H22BrNO2. The van der Waals surface area contributed by atoms with Gasteiger partial charge < -0.3 is 9.64 Å². The third-order valence-corrected chi connectivity index (χ3v) is 4.47. The van der Waals surface area contributed by atoms with Crippen molar-refractivity contribution in [3.8, 4) is 0 Å². The first-order chi connectivity index (χ1) is 9.60. The van der Waals surface area contributed by atoms with E-state index in [1.54, 1.807) is 0 Å². The van der Waals surface area contributed by atoms with Crippen LogP contribution in [0.25, 0.3) is 0 Å². The largest absolute Gasteiger partial charge is 0.373 e. The Morgan fingerprint density at radius 1 is 1.40 bits per heavy atom. The quantitative estimate of drug-likeness (QED) is 0.789. The minimum absolute atomic E-state index is 0.120. The van der Waals surface area contributed by atoms with Crippen LogP contribution in [0, 0.1) is 6.92 Å². The average Bonchev–Trinajstić information content (AvgIpc) is 2.47. The fourth-order valence-electron chi connectivity index (χ4n) is 2.41. The summed E-state index contributed by atoms with van der Waals surface area (Å²) in [6.07, 6.45) is 1.50. The summed E-state index contributed by atoms with van der Waals surface area (Å²) < 4.78 is 5.65. The van der Waals surface area contributed by atoms with Crippen molar-refractivity contribution in [2.24, 2.45) is 0 Å². The standard InChI is InChI=1S/C16H22BrNO2/c1-12-3-5-14(6-4-12)7-8-16(19)18-10-15(9-17)20-11-13(18)2/h3-6,13,15H,7-11H2,1-2H3. The first-order valence-electron chi connectivity index (χ1n) is 7.12. The van der Waals surface area contributed by atoms with E-state index in [2.05, 4.69) is 47.1 Å². The predicted octanol–water partition coefficient (Wildman–Crippen LogP) is 2.94. The Hall–Kier alpha value is -0.870. The Morgan fingerprint density at radius 3 is 2.75 bits per heavy atom. The molecule has 1 heterocycles. The molecule has 20 heavy (non-hydrogen) atoms. The lowest BCUT2D eigenvalue weighted by molar-refractivity contribution is -0.142. The van der Waals surface area contributed by atoms with Crippen LogP contribution in [0.3, 0.4) is 0 Å². The van der Waals surface area contributed by atoms with Gasteiger partial charge in [-0.05, 0) is 25.8 Å². The van der Waals surface area contributed by atoms with Gasteiger partial charge in [0.05, 0.1) is 18.8 Å². The molecule has 0 aliphatic carbocycles. The molecule has 3 nitrogen and oxygen atoms in total. The molecule has 0 spiro atoms. The highest BCUT2D eigenvalue weighted by atomic mass is 79.9. The van der Waals surface area contributed by atoms with Crippen LogP contribution in [0.5, 0.6) is 0 Å². The number of ether oxygens (including phenoxy) is 1. The molecule has 1 saturated heterocycles. The second-order valence-electron chi connectivity index (χ2n) is 5.49. The van der Waals surface area contributed by atoms with Crippen LogP contribution in [0.1, 0.15) is 24.5 Å². The van der Waals surface area contributed by atoms with Crippen LogP contribution in [0.15, 0.2) is 24.3 Å². The van der Waals surface area contributed by atoms with Gasteiger partial charge in [-0.25, -0.2) is 0 Å². The highest BCUT2D eigenvalue weighted by molar-refractivity contribution is 9.09. The van der Waals surface area contributed by atoms with Crippen molar-refractivity contribution in [1.82, 2.24) is 4.90 Å². The van der Waals surface area contributed by atoms with Crippen molar-refractivity contribution in [2.75, 3.05) is 18.5 Å². The zero-order valence-corrected chi connectivity index (χ0v) is 13.7. The van der Waals surface area contributed by atoms with Gasteiger partial charge in [0.1, 0.15) is 0 Å². The Kier molecular flexibility index (Phi) is 5.61.